The number of hydrogen-bond donors (Lipinski definition) is 1. The lowest BCUT2D eigenvalue weighted by atomic mass is 10.2. The summed E-state index contributed by atoms with van der Waals surface area (Å²) in [5, 5.41) is 8.37. The van der Waals surface area contributed by atoms with Crippen LogP contribution in [0.5, 0.6) is 0 Å². The van der Waals surface area contributed by atoms with Gasteiger partial charge in [-0.25, -0.2) is 9.67 Å². The quantitative estimate of drug-likeness (QED) is 0.528. The molecule has 0 saturated heterocycles. The van der Waals surface area contributed by atoms with Crippen LogP contribution in [0.15, 0.2) is 66.7 Å². The van der Waals surface area contributed by atoms with Crippen molar-refractivity contribution < 1.29 is 4.79 Å². The maximum Gasteiger partial charge on any atom is 0.268 e. The topological polar surface area (TPSA) is 59.8 Å². The molecule has 0 radical (unpaired) electrons. The second-order valence-electron chi connectivity index (χ2n) is 6.57. The highest BCUT2D eigenvalue weighted by atomic mass is 32.1. The third-order valence-electron chi connectivity index (χ3n) is 4.34. The largest absolute Gasteiger partial charge is 0.306 e. The lowest BCUT2D eigenvalue weighted by Gasteiger charge is -2.08. The minimum atomic E-state index is -0.161. The number of carbonyl (C=O) groups excluding carboxylic acids is 1. The van der Waals surface area contributed by atoms with Crippen molar-refractivity contribution in [3.05, 3.63) is 88.6 Å². The molecule has 140 valence electrons. The zero-order valence-corrected chi connectivity index (χ0v) is 16.5. The number of nitrogens with one attached hydrogen (secondary N) is 1. The summed E-state index contributed by atoms with van der Waals surface area (Å²) in [6.07, 6.45) is 0. The summed E-state index contributed by atoms with van der Waals surface area (Å²) in [4.78, 5) is 18.1. The van der Waals surface area contributed by atoms with E-state index in [9.17, 15) is 4.79 Å². The lowest BCUT2D eigenvalue weighted by Crippen LogP contribution is -2.16. The molecule has 0 aliphatic rings. The van der Waals surface area contributed by atoms with E-state index in [1.165, 1.54) is 11.3 Å². The van der Waals surface area contributed by atoms with Crippen LogP contribution in [0.3, 0.4) is 0 Å². The first kappa shape index (κ1) is 18.1. The van der Waals surface area contributed by atoms with E-state index in [0.29, 0.717) is 17.2 Å². The van der Waals surface area contributed by atoms with Gasteiger partial charge in [0.1, 0.15) is 15.7 Å². The van der Waals surface area contributed by atoms with Crippen molar-refractivity contribution >= 4 is 23.1 Å². The molecular formula is C22H20N4OS. The fourth-order valence-corrected chi connectivity index (χ4v) is 3.97. The van der Waals surface area contributed by atoms with Crippen molar-refractivity contribution in [3.8, 4) is 10.6 Å². The Kier molecular flexibility index (Phi) is 5.04. The monoisotopic (exact) mass is 388 g/mol. The van der Waals surface area contributed by atoms with Crippen LogP contribution in [0.1, 0.15) is 26.6 Å². The maximum atomic E-state index is 12.9. The maximum absolute atomic E-state index is 12.9. The molecule has 0 unspecified atom stereocenters. The Labute approximate surface area is 167 Å². The Bertz CT molecular complexity index is 1100. The summed E-state index contributed by atoms with van der Waals surface area (Å²) in [6, 6.07) is 21.8. The van der Waals surface area contributed by atoms with Crippen molar-refractivity contribution in [1.29, 1.82) is 0 Å². The van der Waals surface area contributed by atoms with E-state index in [0.717, 1.165) is 27.5 Å². The smallest absolute Gasteiger partial charge is 0.268 e. The van der Waals surface area contributed by atoms with Crippen LogP contribution in [-0.2, 0) is 6.54 Å². The van der Waals surface area contributed by atoms with Crippen LogP contribution in [0, 0.1) is 13.8 Å². The highest BCUT2D eigenvalue weighted by Crippen LogP contribution is 2.28. The molecule has 0 aliphatic carbocycles. The van der Waals surface area contributed by atoms with Gasteiger partial charge in [0.15, 0.2) is 0 Å². The average molecular weight is 388 g/mol. The standard InChI is InChI=1S/C22H20N4OS/c1-15-13-19(26(25-15)14-17-9-5-3-6-10-17)24-21(27)20-16(2)23-22(28-20)18-11-7-4-8-12-18/h3-13H,14H2,1-2H3,(H,24,27). The van der Waals surface area contributed by atoms with Gasteiger partial charge in [-0.3, -0.25) is 4.79 Å². The molecule has 0 bridgehead atoms. The van der Waals surface area contributed by atoms with E-state index >= 15 is 0 Å². The number of amides is 1. The van der Waals surface area contributed by atoms with Crippen LogP contribution in [0.2, 0.25) is 0 Å². The van der Waals surface area contributed by atoms with Gasteiger partial charge >= 0.3 is 0 Å². The molecule has 1 N–H and O–H groups in total. The summed E-state index contributed by atoms with van der Waals surface area (Å²) in [7, 11) is 0. The summed E-state index contributed by atoms with van der Waals surface area (Å²) in [6.45, 7) is 4.38. The number of thiazole rings is 1. The molecule has 2 heterocycles. The van der Waals surface area contributed by atoms with Gasteiger partial charge in [-0.2, -0.15) is 5.10 Å². The number of benzene rings is 2. The van der Waals surface area contributed by atoms with E-state index in [-0.39, 0.29) is 5.91 Å². The van der Waals surface area contributed by atoms with Crippen LogP contribution in [0.4, 0.5) is 5.82 Å². The Hall–Kier alpha value is -3.25. The highest BCUT2D eigenvalue weighted by molar-refractivity contribution is 7.17. The van der Waals surface area contributed by atoms with Crippen LogP contribution >= 0.6 is 11.3 Å². The molecule has 0 fully saturated rings. The molecule has 0 saturated carbocycles. The number of carbonyl (C=O) groups is 1. The van der Waals surface area contributed by atoms with Crippen molar-refractivity contribution in [1.82, 2.24) is 14.8 Å². The first-order chi connectivity index (χ1) is 13.6. The number of nitrogens with zero attached hydrogens (tertiary/aromatic N) is 3. The van der Waals surface area contributed by atoms with Crippen molar-refractivity contribution in [2.45, 2.75) is 20.4 Å². The summed E-state index contributed by atoms with van der Waals surface area (Å²) in [5.41, 5.74) is 3.73. The van der Waals surface area contributed by atoms with Gasteiger partial charge in [0.25, 0.3) is 5.91 Å². The van der Waals surface area contributed by atoms with E-state index < -0.39 is 0 Å². The second kappa shape index (κ2) is 7.78. The first-order valence-electron chi connectivity index (χ1n) is 9.03. The Balaban J connectivity index is 1.57. The summed E-state index contributed by atoms with van der Waals surface area (Å²) < 4.78 is 1.82. The molecule has 4 rings (SSSR count). The molecule has 6 heteroatoms. The van der Waals surface area contributed by atoms with Crippen LogP contribution in [-0.4, -0.2) is 20.7 Å². The Morgan fingerprint density at radius 1 is 1.04 bits per heavy atom. The van der Waals surface area contributed by atoms with Crippen LogP contribution < -0.4 is 5.32 Å². The van der Waals surface area contributed by atoms with Gasteiger partial charge in [-0.05, 0) is 19.4 Å². The first-order valence-corrected chi connectivity index (χ1v) is 9.84. The molecule has 1 amide bonds. The molecule has 5 nitrogen and oxygen atoms in total. The summed E-state index contributed by atoms with van der Waals surface area (Å²) >= 11 is 1.40. The normalized spacial score (nSPS) is 10.8. The minimum Gasteiger partial charge on any atom is -0.306 e. The SMILES string of the molecule is Cc1cc(NC(=O)c2sc(-c3ccccc3)nc2C)n(Cc2ccccc2)n1. The molecule has 0 spiro atoms. The molecule has 2 aromatic heterocycles. The van der Waals surface area contributed by atoms with E-state index in [2.05, 4.69) is 15.4 Å². The number of aromatic nitrogens is 3. The molecule has 28 heavy (non-hydrogen) atoms. The van der Waals surface area contributed by atoms with Gasteiger partial charge < -0.3 is 5.32 Å². The van der Waals surface area contributed by atoms with Gasteiger partial charge in [0, 0.05) is 11.6 Å². The minimum absolute atomic E-state index is 0.161. The van der Waals surface area contributed by atoms with Gasteiger partial charge in [-0.1, -0.05) is 60.7 Å². The molecular weight excluding hydrogens is 368 g/mol. The van der Waals surface area contributed by atoms with Crippen molar-refractivity contribution in [2.24, 2.45) is 0 Å². The molecule has 0 aliphatic heterocycles. The van der Waals surface area contributed by atoms with E-state index in [4.69, 9.17) is 0 Å². The summed E-state index contributed by atoms with van der Waals surface area (Å²) in [5.74, 6) is 0.520. The third kappa shape index (κ3) is 3.87. The van der Waals surface area contributed by atoms with Crippen molar-refractivity contribution in [3.63, 3.8) is 0 Å². The number of hydrogen-bond acceptors (Lipinski definition) is 4. The predicted molar refractivity (Wildman–Crippen MR) is 113 cm³/mol. The lowest BCUT2D eigenvalue weighted by molar-refractivity contribution is 0.102. The zero-order valence-electron chi connectivity index (χ0n) is 15.7. The number of anilines is 1. The Morgan fingerprint density at radius 2 is 1.71 bits per heavy atom. The fraction of sp³-hybridized carbons (Fsp3) is 0.136. The number of rotatable bonds is 5. The zero-order chi connectivity index (χ0) is 19.5. The van der Waals surface area contributed by atoms with E-state index in [1.54, 1.807) is 0 Å². The Morgan fingerprint density at radius 3 is 2.43 bits per heavy atom. The van der Waals surface area contributed by atoms with Gasteiger partial charge in [0.2, 0.25) is 0 Å². The van der Waals surface area contributed by atoms with E-state index in [1.807, 2.05) is 85.3 Å². The molecule has 0 atom stereocenters. The molecule has 4 aromatic rings. The average Bonchev–Trinajstić information content (AvgIpc) is 3.25. The fourth-order valence-electron chi connectivity index (χ4n) is 3.01. The third-order valence-corrected chi connectivity index (χ3v) is 5.55. The highest BCUT2D eigenvalue weighted by Gasteiger charge is 2.18. The van der Waals surface area contributed by atoms with Gasteiger partial charge in [-0.15, -0.1) is 11.3 Å². The number of aryl methyl sites for hydroxylation is 2. The second-order valence-corrected chi connectivity index (χ2v) is 7.57. The van der Waals surface area contributed by atoms with Crippen LogP contribution in [0.25, 0.3) is 10.6 Å². The molecule has 2 aromatic carbocycles. The van der Waals surface area contributed by atoms with Gasteiger partial charge in [0.05, 0.1) is 17.9 Å². The van der Waals surface area contributed by atoms with Crippen molar-refractivity contribution in [2.75, 3.05) is 5.32 Å². The predicted octanol–water partition coefficient (Wildman–Crippen LogP) is 4.92.